The molecule has 0 amide bonds. The van der Waals surface area contributed by atoms with Crippen molar-refractivity contribution >= 4 is 27.9 Å². The Morgan fingerprint density at radius 1 is 1.00 bits per heavy atom. The Kier molecular flexibility index (Phi) is 2.87. The second-order valence-corrected chi connectivity index (χ2v) is 4.46. The van der Waals surface area contributed by atoms with Gasteiger partial charge in [0, 0.05) is 21.8 Å². The van der Waals surface area contributed by atoms with Gasteiger partial charge in [0.25, 0.3) is 0 Å². The summed E-state index contributed by atoms with van der Waals surface area (Å²) in [6.45, 7) is 0.700. The van der Waals surface area contributed by atoms with E-state index in [1.807, 2.05) is 0 Å². The first-order chi connectivity index (χ1) is 8.88. The van der Waals surface area contributed by atoms with Crippen molar-refractivity contribution in [3.05, 3.63) is 54.1 Å². The largest absolute Gasteiger partial charge is 0.355 e. The number of nitrogens with two attached hydrogens (primary N) is 1. The molecule has 3 aromatic rings. The number of fused-ring (bicyclic) bond motifs is 3. The highest BCUT2D eigenvalue weighted by atomic mass is 14.7. The van der Waals surface area contributed by atoms with Gasteiger partial charge in [-0.3, -0.25) is 0 Å². The molecule has 3 N–H and O–H groups in total. The van der Waals surface area contributed by atoms with Gasteiger partial charge in [0.15, 0.2) is 0 Å². The van der Waals surface area contributed by atoms with Gasteiger partial charge < -0.3 is 10.7 Å². The Bertz CT molecular complexity index is 707. The lowest BCUT2D eigenvalue weighted by atomic mass is 10.1. The molecule has 0 saturated carbocycles. The Balaban J connectivity index is 2.12. The van der Waals surface area contributed by atoms with Crippen LogP contribution in [0.15, 0.2) is 48.5 Å². The highest BCUT2D eigenvalue weighted by molar-refractivity contribution is 6.07. The van der Waals surface area contributed by atoms with Crippen molar-refractivity contribution in [2.45, 2.75) is 6.42 Å². The van der Waals surface area contributed by atoms with E-state index in [-0.39, 0.29) is 0 Å². The van der Waals surface area contributed by atoms with Crippen LogP contribution in [0.5, 0.6) is 0 Å². The first-order valence-corrected chi connectivity index (χ1v) is 6.25. The predicted octanol–water partition coefficient (Wildman–Crippen LogP) is 3.68. The van der Waals surface area contributed by atoms with Crippen LogP contribution in [0.25, 0.3) is 27.9 Å². The maximum Gasteiger partial charge on any atom is 0.0465 e. The van der Waals surface area contributed by atoms with Crippen LogP contribution in [0.2, 0.25) is 0 Å². The van der Waals surface area contributed by atoms with E-state index < -0.39 is 0 Å². The van der Waals surface area contributed by atoms with Crippen LogP contribution in [-0.2, 0) is 0 Å². The van der Waals surface area contributed by atoms with Crippen molar-refractivity contribution in [2.75, 3.05) is 6.54 Å². The van der Waals surface area contributed by atoms with Crippen molar-refractivity contribution in [3.63, 3.8) is 0 Å². The quantitative estimate of drug-likeness (QED) is 0.715. The number of benzene rings is 2. The summed E-state index contributed by atoms with van der Waals surface area (Å²) in [5.41, 5.74) is 9.09. The molecule has 0 bridgehead atoms. The predicted molar refractivity (Wildman–Crippen MR) is 78.5 cm³/mol. The third-order valence-electron chi connectivity index (χ3n) is 3.17. The molecule has 1 aromatic heterocycles. The molecule has 0 aliphatic heterocycles. The van der Waals surface area contributed by atoms with Gasteiger partial charge in [-0.05, 0) is 36.7 Å². The van der Waals surface area contributed by atoms with Crippen LogP contribution in [0.1, 0.15) is 12.0 Å². The molecule has 18 heavy (non-hydrogen) atoms. The minimum atomic E-state index is 0.700. The first-order valence-electron chi connectivity index (χ1n) is 6.25. The summed E-state index contributed by atoms with van der Waals surface area (Å²) in [7, 11) is 0. The molecule has 0 spiro atoms. The molecule has 0 fully saturated rings. The van der Waals surface area contributed by atoms with Gasteiger partial charge >= 0.3 is 0 Å². The molecular formula is C16H16N2. The van der Waals surface area contributed by atoms with E-state index in [9.17, 15) is 0 Å². The summed E-state index contributed by atoms with van der Waals surface area (Å²) >= 11 is 0. The van der Waals surface area contributed by atoms with Crippen molar-refractivity contribution in [2.24, 2.45) is 5.73 Å². The normalized spacial score (nSPS) is 11.8. The van der Waals surface area contributed by atoms with E-state index in [1.165, 1.54) is 27.4 Å². The Hall–Kier alpha value is -2.06. The zero-order valence-electron chi connectivity index (χ0n) is 10.2. The molecule has 0 saturated heterocycles. The van der Waals surface area contributed by atoms with Crippen molar-refractivity contribution in [1.29, 1.82) is 0 Å². The number of hydrogen-bond donors (Lipinski definition) is 2. The van der Waals surface area contributed by atoms with Crippen LogP contribution in [0.4, 0.5) is 0 Å². The lowest BCUT2D eigenvalue weighted by Crippen LogP contribution is -1.94. The SMILES string of the molecule is NCCC=Cc1ccc2[nH]c3ccccc3c2c1. The maximum atomic E-state index is 5.48. The second-order valence-electron chi connectivity index (χ2n) is 4.46. The number of rotatable bonds is 3. The van der Waals surface area contributed by atoms with Crippen molar-refractivity contribution in [1.82, 2.24) is 4.98 Å². The van der Waals surface area contributed by atoms with Gasteiger partial charge in [-0.25, -0.2) is 0 Å². The topological polar surface area (TPSA) is 41.8 Å². The molecule has 0 aliphatic carbocycles. The number of aromatic amines is 1. The van der Waals surface area contributed by atoms with Crippen LogP contribution in [0.3, 0.4) is 0 Å². The maximum absolute atomic E-state index is 5.48. The van der Waals surface area contributed by atoms with E-state index in [2.05, 4.69) is 59.6 Å². The highest BCUT2D eigenvalue weighted by Crippen LogP contribution is 2.26. The number of H-pyrrole nitrogens is 1. The van der Waals surface area contributed by atoms with E-state index >= 15 is 0 Å². The minimum Gasteiger partial charge on any atom is -0.355 e. The zero-order chi connectivity index (χ0) is 12.4. The summed E-state index contributed by atoms with van der Waals surface area (Å²) in [4.78, 5) is 3.43. The molecule has 0 radical (unpaired) electrons. The Morgan fingerprint density at radius 3 is 2.72 bits per heavy atom. The molecular weight excluding hydrogens is 220 g/mol. The van der Waals surface area contributed by atoms with E-state index in [0.717, 1.165) is 6.42 Å². The van der Waals surface area contributed by atoms with Gasteiger partial charge in [-0.15, -0.1) is 0 Å². The average Bonchev–Trinajstić information content (AvgIpc) is 2.77. The second kappa shape index (κ2) is 4.67. The average molecular weight is 236 g/mol. The van der Waals surface area contributed by atoms with Gasteiger partial charge in [-0.1, -0.05) is 36.4 Å². The third-order valence-corrected chi connectivity index (χ3v) is 3.17. The van der Waals surface area contributed by atoms with Crippen LogP contribution >= 0.6 is 0 Å². The van der Waals surface area contributed by atoms with Gasteiger partial charge in [-0.2, -0.15) is 0 Å². The standard InChI is InChI=1S/C16H16N2/c17-10-4-3-5-12-8-9-16-14(11-12)13-6-1-2-7-15(13)18-16/h1-3,5-9,11,18H,4,10,17H2. The number of para-hydroxylation sites is 1. The molecule has 90 valence electrons. The van der Waals surface area contributed by atoms with E-state index in [0.29, 0.717) is 6.54 Å². The zero-order valence-corrected chi connectivity index (χ0v) is 10.2. The summed E-state index contributed by atoms with van der Waals surface area (Å²) < 4.78 is 0. The van der Waals surface area contributed by atoms with Crippen LogP contribution in [-0.4, -0.2) is 11.5 Å². The highest BCUT2D eigenvalue weighted by Gasteiger charge is 2.02. The molecule has 2 aromatic carbocycles. The van der Waals surface area contributed by atoms with Crippen molar-refractivity contribution < 1.29 is 0 Å². The van der Waals surface area contributed by atoms with Crippen molar-refractivity contribution in [3.8, 4) is 0 Å². The smallest absolute Gasteiger partial charge is 0.0465 e. The molecule has 0 atom stereocenters. The summed E-state index contributed by atoms with van der Waals surface area (Å²) in [5, 5.41) is 2.56. The third kappa shape index (κ3) is 1.91. The first kappa shape index (κ1) is 11.1. The van der Waals surface area contributed by atoms with Crippen LogP contribution in [0, 0.1) is 0 Å². The minimum absolute atomic E-state index is 0.700. The fourth-order valence-electron chi connectivity index (χ4n) is 2.29. The Labute approximate surface area is 106 Å². The van der Waals surface area contributed by atoms with Crippen LogP contribution < -0.4 is 5.73 Å². The molecule has 3 rings (SSSR count). The van der Waals surface area contributed by atoms with E-state index in [4.69, 9.17) is 5.73 Å². The molecule has 0 aliphatic rings. The lowest BCUT2D eigenvalue weighted by molar-refractivity contribution is 1.01. The summed E-state index contributed by atoms with van der Waals surface area (Å²) in [5.74, 6) is 0. The number of nitrogens with one attached hydrogen (secondary N) is 1. The monoisotopic (exact) mass is 236 g/mol. The fourth-order valence-corrected chi connectivity index (χ4v) is 2.29. The van der Waals surface area contributed by atoms with Gasteiger partial charge in [0.2, 0.25) is 0 Å². The molecule has 2 heteroatoms. The fraction of sp³-hybridized carbons (Fsp3) is 0.125. The molecule has 0 unspecified atom stereocenters. The molecule has 2 nitrogen and oxygen atoms in total. The summed E-state index contributed by atoms with van der Waals surface area (Å²) in [6, 6.07) is 14.9. The van der Waals surface area contributed by atoms with Gasteiger partial charge in [0.1, 0.15) is 0 Å². The number of hydrogen-bond acceptors (Lipinski definition) is 1. The number of aromatic nitrogens is 1. The summed E-state index contributed by atoms with van der Waals surface area (Å²) in [6.07, 6.45) is 5.18. The Morgan fingerprint density at radius 2 is 1.83 bits per heavy atom. The van der Waals surface area contributed by atoms with E-state index in [1.54, 1.807) is 0 Å². The molecule has 1 heterocycles. The lowest BCUT2D eigenvalue weighted by Gasteiger charge is -1.95. The van der Waals surface area contributed by atoms with Gasteiger partial charge in [0.05, 0.1) is 0 Å².